The van der Waals surface area contributed by atoms with Gasteiger partial charge in [0.2, 0.25) is 5.91 Å². The molecule has 0 aliphatic carbocycles. The van der Waals surface area contributed by atoms with E-state index in [-0.39, 0.29) is 36.4 Å². The van der Waals surface area contributed by atoms with E-state index in [1.165, 1.54) is 11.1 Å². The molecule has 2 heterocycles. The first-order valence-electron chi connectivity index (χ1n) is 7.99. The van der Waals surface area contributed by atoms with Crippen LogP contribution in [-0.2, 0) is 22.5 Å². The highest BCUT2D eigenvalue weighted by Gasteiger charge is 2.35. The summed E-state index contributed by atoms with van der Waals surface area (Å²) in [5, 5.41) is 15.6. The number of carbonyl (C=O) groups is 1. The van der Waals surface area contributed by atoms with E-state index in [2.05, 4.69) is 22.8 Å². The lowest BCUT2D eigenvalue weighted by Crippen LogP contribution is -2.50. The van der Waals surface area contributed by atoms with Gasteiger partial charge in [-0.3, -0.25) is 4.79 Å². The Kier molecular flexibility index (Phi) is 6.41. The van der Waals surface area contributed by atoms with Gasteiger partial charge in [0.1, 0.15) is 0 Å². The molecule has 2 aliphatic rings. The molecular formula is C17H25ClN2O3. The standard InChI is InChI=1S/C17H24N2O3.ClH/c20-7-5-17(6-8-22-12-17)11-19-16(21)15-9-13-3-1-2-4-14(13)10-18-15;/h1-4,15,18,20H,5-12H2,(H,19,21);1H. The van der Waals surface area contributed by atoms with E-state index in [0.29, 0.717) is 26.2 Å². The summed E-state index contributed by atoms with van der Waals surface area (Å²) >= 11 is 0. The summed E-state index contributed by atoms with van der Waals surface area (Å²) in [6, 6.07) is 8.06. The van der Waals surface area contributed by atoms with Crippen LogP contribution in [0.5, 0.6) is 0 Å². The van der Waals surface area contributed by atoms with Crippen molar-refractivity contribution in [3.8, 4) is 0 Å². The Balaban J connectivity index is 0.00000192. The van der Waals surface area contributed by atoms with Crippen LogP contribution in [0.15, 0.2) is 24.3 Å². The van der Waals surface area contributed by atoms with Gasteiger partial charge in [0, 0.05) is 31.7 Å². The molecule has 1 aromatic carbocycles. The Morgan fingerprint density at radius 2 is 2.17 bits per heavy atom. The van der Waals surface area contributed by atoms with Gasteiger partial charge in [-0.1, -0.05) is 24.3 Å². The first-order chi connectivity index (χ1) is 10.7. The predicted octanol–water partition coefficient (Wildman–Crippen LogP) is 1.03. The Bertz CT molecular complexity index is 532. The number of nitrogens with one attached hydrogen (secondary N) is 2. The average Bonchev–Trinajstić information content (AvgIpc) is 3.01. The van der Waals surface area contributed by atoms with Crippen LogP contribution >= 0.6 is 12.4 Å². The fourth-order valence-electron chi connectivity index (χ4n) is 3.35. The van der Waals surface area contributed by atoms with Crippen LogP contribution in [0.4, 0.5) is 0 Å². The Labute approximate surface area is 143 Å². The van der Waals surface area contributed by atoms with Gasteiger partial charge in [0.25, 0.3) is 0 Å². The highest BCUT2D eigenvalue weighted by atomic mass is 35.5. The van der Waals surface area contributed by atoms with Gasteiger partial charge in [-0.2, -0.15) is 0 Å². The van der Waals surface area contributed by atoms with Crippen LogP contribution < -0.4 is 10.6 Å². The third-order valence-corrected chi connectivity index (χ3v) is 4.86. The summed E-state index contributed by atoms with van der Waals surface area (Å²) in [6.07, 6.45) is 2.30. The van der Waals surface area contributed by atoms with Crippen molar-refractivity contribution < 1.29 is 14.6 Å². The van der Waals surface area contributed by atoms with Crippen LogP contribution in [-0.4, -0.2) is 43.4 Å². The Morgan fingerprint density at radius 3 is 2.87 bits per heavy atom. The SMILES string of the molecule is Cl.O=C(NCC1(CCO)CCOC1)C1Cc2ccccc2CN1. The summed E-state index contributed by atoms with van der Waals surface area (Å²) in [5.74, 6) is 0.0405. The van der Waals surface area contributed by atoms with Crippen molar-refractivity contribution in [2.75, 3.05) is 26.4 Å². The normalized spacial score (nSPS) is 26.2. The number of halogens is 1. The van der Waals surface area contributed by atoms with Crippen molar-refractivity contribution in [2.24, 2.45) is 5.41 Å². The second-order valence-corrected chi connectivity index (χ2v) is 6.40. The Hall–Kier alpha value is -1.14. The molecule has 1 amide bonds. The molecular weight excluding hydrogens is 316 g/mol. The maximum Gasteiger partial charge on any atom is 0.237 e. The quantitative estimate of drug-likeness (QED) is 0.748. The molecule has 5 nitrogen and oxygen atoms in total. The first-order valence-corrected chi connectivity index (χ1v) is 7.99. The molecule has 0 bridgehead atoms. The largest absolute Gasteiger partial charge is 0.396 e. The van der Waals surface area contributed by atoms with Crippen LogP contribution in [0.3, 0.4) is 0 Å². The van der Waals surface area contributed by atoms with Crippen LogP contribution in [0.2, 0.25) is 0 Å². The number of hydrogen-bond donors (Lipinski definition) is 3. The van der Waals surface area contributed by atoms with Crippen molar-refractivity contribution in [1.29, 1.82) is 0 Å². The van der Waals surface area contributed by atoms with Crippen LogP contribution in [0, 0.1) is 5.41 Å². The number of carbonyl (C=O) groups excluding carboxylic acids is 1. The maximum atomic E-state index is 12.4. The molecule has 0 saturated carbocycles. The van der Waals surface area contributed by atoms with E-state index in [0.717, 1.165) is 19.4 Å². The fourth-order valence-corrected chi connectivity index (χ4v) is 3.35. The van der Waals surface area contributed by atoms with E-state index >= 15 is 0 Å². The predicted molar refractivity (Wildman–Crippen MR) is 90.6 cm³/mol. The number of rotatable bonds is 5. The molecule has 1 saturated heterocycles. The van der Waals surface area contributed by atoms with Crippen molar-refractivity contribution in [3.63, 3.8) is 0 Å². The molecule has 0 aromatic heterocycles. The summed E-state index contributed by atoms with van der Waals surface area (Å²) in [7, 11) is 0. The lowest BCUT2D eigenvalue weighted by Gasteiger charge is -2.29. The maximum absolute atomic E-state index is 12.4. The number of fused-ring (bicyclic) bond motifs is 1. The number of aliphatic hydroxyl groups excluding tert-OH is 1. The van der Waals surface area contributed by atoms with Gasteiger partial charge >= 0.3 is 0 Å². The van der Waals surface area contributed by atoms with Crippen LogP contribution in [0.25, 0.3) is 0 Å². The average molecular weight is 341 g/mol. The number of amides is 1. The van der Waals surface area contributed by atoms with E-state index in [1.54, 1.807) is 0 Å². The molecule has 1 fully saturated rings. The topological polar surface area (TPSA) is 70.6 Å². The third kappa shape index (κ3) is 4.23. The highest BCUT2D eigenvalue weighted by molar-refractivity contribution is 5.85. The number of benzene rings is 1. The van der Waals surface area contributed by atoms with Gasteiger partial charge in [0.15, 0.2) is 0 Å². The highest BCUT2D eigenvalue weighted by Crippen LogP contribution is 2.31. The molecule has 0 radical (unpaired) electrons. The van der Waals surface area contributed by atoms with Gasteiger partial charge in [-0.25, -0.2) is 0 Å². The number of hydrogen-bond acceptors (Lipinski definition) is 4. The first kappa shape index (κ1) is 18.2. The van der Waals surface area contributed by atoms with Crippen molar-refractivity contribution >= 4 is 18.3 Å². The number of aliphatic hydroxyl groups is 1. The molecule has 1 aromatic rings. The zero-order chi connectivity index (χ0) is 15.4. The minimum atomic E-state index is -0.177. The van der Waals surface area contributed by atoms with Crippen LogP contribution in [0.1, 0.15) is 24.0 Å². The lowest BCUT2D eigenvalue weighted by atomic mass is 9.84. The summed E-state index contributed by atoms with van der Waals surface area (Å²) < 4.78 is 5.46. The van der Waals surface area contributed by atoms with E-state index in [1.807, 2.05) is 12.1 Å². The minimum Gasteiger partial charge on any atom is -0.396 e. The van der Waals surface area contributed by atoms with Crippen molar-refractivity contribution in [1.82, 2.24) is 10.6 Å². The molecule has 2 atom stereocenters. The molecule has 23 heavy (non-hydrogen) atoms. The van der Waals surface area contributed by atoms with Gasteiger partial charge in [-0.15, -0.1) is 12.4 Å². The summed E-state index contributed by atoms with van der Waals surface area (Å²) in [6.45, 7) is 2.78. The van der Waals surface area contributed by atoms with Gasteiger partial charge in [0.05, 0.1) is 12.6 Å². The van der Waals surface area contributed by atoms with E-state index < -0.39 is 0 Å². The lowest BCUT2D eigenvalue weighted by molar-refractivity contribution is -0.123. The minimum absolute atomic E-state index is 0. The van der Waals surface area contributed by atoms with Gasteiger partial charge < -0.3 is 20.5 Å². The smallest absolute Gasteiger partial charge is 0.237 e. The molecule has 0 spiro atoms. The molecule has 2 unspecified atom stereocenters. The molecule has 128 valence electrons. The zero-order valence-corrected chi connectivity index (χ0v) is 14.0. The summed E-state index contributed by atoms with van der Waals surface area (Å²) in [4.78, 5) is 12.4. The molecule has 2 aliphatic heterocycles. The number of ether oxygens (including phenoxy) is 1. The monoisotopic (exact) mass is 340 g/mol. The van der Waals surface area contributed by atoms with E-state index in [9.17, 15) is 9.90 Å². The third-order valence-electron chi connectivity index (χ3n) is 4.86. The summed E-state index contributed by atoms with van der Waals surface area (Å²) in [5.41, 5.74) is 2.42. The molecule has 3 rings (SSSR count). The van der Waals surface area contributed by atoms with Crippen molar-refractivity contribution in [2.45, 2.75) is 31.8 Å². The molecule has 3 N–H and O–H groups in total. The van der Waals surface area contributed by atoms with Crippen molar-refractivity contribution in [3.05, 3.63) is 35.4 Å². The van der Waals surface area contributed by atoms with Gasteiger partial charge in [-0.05, 0) is 30.4 Å². The Morgan fingerprint density at radius 1 is 1.39 bits per heavy atom. The fraction of sp³-hybridized carbons (Fsp3) is 0.588. The second kappa shape index (κ2) is 8.11. The zero-order valence-electron chi connectivity index (χ0n) is 13.2. The van der Waals surface area contributed by atoms with E-state index in [4.69, 9.17) is 4.74 Å². The second-order valence-electron chi connectivity index (χ2n) is 6.40. The molecule has 6 heteroatoms.